The second-order valence-corrected chi connectivity index (χ2v) is 3.97. The van der Waals surface area contributed by atoms with Gasteiger partial charge in [0.15, 0.2) is 0 Å². The van der Waals surface area contributed by atoms with Crippen LogP contribution in [0.1, 0.15) is 18.5 Å². The fourth-order valence-corrected chi connectivity index (χ4v) is 1.79. The first-order valence-corrected chi connectivity index (χ1v) is 5.70. The molecule has 84 valence electrons. The van der Waals surface area contributed by atoms with Gasteiger partial charge in [-0.15, -0.1) is 11.3 Å². The maximum Gasteiger partial charge on any atom is 0.267 e. The minimum Gasteiger partial charge on any atom is -0.345 e. The molecule has 0 fully saturated rings. The molecule has 0 aromatic carbocycles. The number of hydrogen-bond acceptors (Lipinski definition) is 5. The van der Waals surface area contributed by atoms with Crippen molar-refractivity contribution in [1.82, 2.24) is 15.7 Å². The highest BCUT2D eigenvalue weighted by atomic mass is 32.1. The molecule has 16 heavy (non-hydrogen) atoms. The minimum atomic E-state index is -0.256. The van der Waals surface area contributed by atoms with Crippen LogP contribution in [0.5, 0.6) is 0 Å². The summed E-state index contributed by atoms with van der Waals surface area (Å²) in [7, 11) is 0. The van der Waals surface area contributed by atoms with E-state index in [2.05, 4.69) is 20.8 Å². The summed E-state index contributed by atoms with van der Waals surface area (Å²) in [4.78, 5) is 26.4. The maximum absolute atomic E-state index is 11.6. The zero-order valence-corrected chi connectivity index (χ0v) is 9.21. The van der Waals surface area contributed by atoms with Crippen molar-refractivity contribution in [3.8, 4) is 0 Å². The first-order valence-electron chi connectivity index (χ1n) is 4.76. The van der Waals surface area contributed by atoms with E-state index in [-0.39, 0.29) is 11.8 Å². The van der Waals surface area contributed by atoms with E-state index in [4.69, 9.17) is 0 Å². The first kappa shape index (κ1) is 10.7. The number of nitrogens with one attached hydrogen (secondary N) is 2. The van der Waals surface area contributed by atoms with E-state index >= 15 is 0 Å². The summed E-state index contributed by atoms with van der Waals surface area (Å²) >= 11 is 1.48. The fourth-order valence-electron chi connectivity index (χ4n) is 1.24. The quantitative estimate of drug-likeness (QED) is 0.779. The molecule has 0 atom stereocenters. The van der Waals surface area contributed by atoms with Crippen molar-refractivity contribution in [2.24, 2.45) is 5.10 Å². The van der Waals surface area contributed by atoms with Gasteiger partial charge >= 0.3 is 0 Å². The van der Waals surface area contributed by atoms with Crippen molar-refractivity contribution in [2.75, 3.05) is 0 Å². The summed E-state index contributed by atoms with van der Waals surface area (Å²) in [5.74, 6) is -0.413. The van der Waals surface area contributed by atoms with E-state index in [9.17, 15) is 9.59 Å². The van der Waals surface area contributed by atoms with Crippen LogP contribution in [0.4, 0.5) is 0 Å². The van der Waals surface area contributed by atoms with Gasteiger partial charge in [-0.1, -0.05) is 0 Å². The number of aromatic nitrogens is 1. The zero-order chi connectivity index (χ0) is 11.4. The van der Waals surface area contributed by atoms with Crippen molar-refractivity contribution in [1.29, 1.82) is 0 Å². The SMILES string of the molecule is O=C1CCC(C(=O)NCc2cscn2)=NN1. The normalized spacial score (nSPS) is 15.2. The van der Waals surface area contributed by atoms with E-state index in [0.717, 1.165) is 5.69 Å². The number of hydrazone groups is 1. The Morgan fingerprint density at radius 1 is 1.56 bits per heavy atom. The van der Waals surface area contributed by atoms with Crippen LogP contribution in [0.15, 0.2) is 16.0 Å². The molecule has 1 aromatic rings. The predicted octanol–water partition coefficient (Wildman–Crippen LogP) is 0.0253. The number of hydrogen-bond donors (Lipinski definition) is 2. The third-order valence-corrected chi connectivity index (χ3v) is 2.72. The Morgan fingerprint density at radius 3 is 3.06 bits per heavy atom. The molecule has 0 radical (unpaired) electrons. The van der Waals surface area contributed by atoms with Gasteiger partial charge in [0.05, 0.1) is 17.7 Å². The van der Waals surface area contributed by atoms with E-state index < -0.39 is 0 Å². The molecule has 0 aliphatic carbocycles. The van der Waals surface area contributed by atoms with Crippen molar-refractivity contribution in [3.63, 3.8) is 0 Å². The molecule has 2 amide bonds. The molecule has 0 saturated carbocycles. The average molecular weight is 238 g/mol. The van der Waals surface area contributed by atoms with Crippen molar-refractivity contribution in [3.05, 3.63) is 16.6 Å². The van der Waals surface area contributed by atoms with Gasteiger partial charge in [0, 0.05) is 18.2 Å². The van der Waals surface area contributed by atoms with Crippen molar-refractivity contribution < 1.29 is 9.59 Å². The second kappa shape index (κ2) is 4.84. The van der Waals surface area contributed by atoms with Crippen LogP contribution >= 0.6 is 11.3 Å². The third-order valence-electron chi connectivity index (χ3n) is 2.08. The maximum atomic E-state index is 11.6. The van der Waals surface area contributed by atoms with Gasteiger partial charge < -0.3 is 5.32 Å². The van der Waals surface area contributed by atoms with Gasteiger partial charge in [0.2, 0.25) is 5.91 Å². The summed E-state index contributed by atoms with van der Waals surface area (Å²) < 4.78 is 0. The molecule has 1 aromatic heterocycles. The van der Waals surface area contributed by atoms with E-state index in [1.165, 1.54) is 11.3 Å². The van der Waals surface area contributed by atoms with Gasteiger partial charge in [-0.05, 0) is 0 Å². The van der Waals surface area contributed by atoms with Crippen molar-refractivity contribution >= 4 is 28.9 Å². The van der Waals surface area contributed by atoms with Crippen LogP contribution in [0.2, 0.25) is 0 Å². The van der Waals surface area contributed by atoms with Gasteiger partial charge in [-0.2, -0.15) is 5.10 Å². The summed E-state index contributed by atoms with van der Waals surface area (Å²) in [6.45, 7) is 0.384. The van der Waals surface area contributed by atoms with Crippen LogP contribution in [0.25, 0.3) is 0 Å². The number of nitrogens with zero attached hydrogens (tertiary/aromatic N) is 2. The highest BCUT2D eigenvalue weighted by molar-refractivity contribution is 7.07. The lowest BCUT2D eigenvalue weighted by atomic mass is 10.1. The first-order chi connectivity index (χ1) is 7.75. The lowest BCUT2D eigenvalue weighted by molar-refractivity contribution is -0.121. The molecule has 2 N–H and O–H groups in total. The molecule has 0 saturated heterocycles. The highest BCUT2D eigenvalue weighted by Gasteiger charge is 2.17. The molecule has 7 heteroatoms. The Labute approximate surface area is 95.8 Å². The number of thiazole rings is 1. The molecule has 2 rings (SSSR count). The third kappa shape index (κ3) is 2.63. The smallest absolute Gasteiger partial charge is 0.267 e. The Morgan fingerprint density at radius 2 is 2.44 bits per heavy atom. The summed E-state index contributed by atoms with van der Waals surface area (Å²) in [5.41, 5.74) is 5.16. The monoisotopic (exact) mass is 238 g/mol. The van der Waals surface area contributed by atoms with E-state index in [1.807, 2.05) is 5.38 Å². The molecule has 1 aliphatic rings. The van der Waals surface area contributed by atoms with Crippen LogP contribution in [0, 0.1) is 0 Å². The predicted molar refractivity (Wildman–Crippen MR) is 58.8 cm³/mol. The molecular weight excluding hydrogens is 228 g/mol. The van der Waals surface area contributed by atoms with Gasteiger partial charge in [-0.25, -0.2) is 10.4 Å². The number of rotatable bonds is 3. The lowest BCUT2D eigenvalue weighted by Gasteiger charge is -2.11. The molecule has 0 spiro atoms. The topological polar surface area (TPSA) is 83.5 Å². The largest absolute Gasteiger partial charge is 0.345 e. The number of carbonyl (C=O) groups is 2. The number of carbonyl (C=O) groups excluding carboxylic acids is 2. The van der Waals surface area contributed by atoms with Gasteiger partial charge in [0.25, 0.3) is 5.91 Å². The summed E-state index contributed by atoms with van der Waals surface area (Å²) in [6, 6.07) is 0. The molecule has 2 heterocycles. The van der Waals surface area contributed by atoms with Crippen LogP contribution in [0.3, 0.4) is 0 Å². The van der Waals surface area contributed by atoms with Crippen LogP contribution < -0.4 is 10.7 Å². The Hall–Kier alpha value is -1.76. The molecule has 0 bridgehead atoms. The molecule has 0 unspecified atom stereocenters. The lowest BCUT2D eigenvalue weighted by Crippen LogP contribution is -2.36. The van der Waals surface area contributed by atoms with Crippen LogP contribution in [-0.4, -0.2) is 22.5 Å². The van der Waals surface area contributed by atoms with Gasteiger partial charge in [0.1, 0.15) is 5.71 Å². The zero-order valence-electron chi connectivity index (χ0n) is 8.40. The molecule has 1 aliphatic heterocycles. The standard InChI is InChI=1S/C9H10N4O2S/c14-8-2-1-7(12-13-8)9(15)10-3-6-4-16-5-11-6/h4-5H,1-3H2,(H,10,15)(H,13,14). The summed E-state index contributed by atoms with van der Waals surface area (Å²) in [5, 5.41) is 8.26. The van der Waals surface area contributed by atoms with E-state index in [0.29, 0.717) is 25.1 Å². The molecular formula is C9H10N4O2S. The van der Waals surface area contributed by atoms with Crippen LogP contribution in [-0.2, 0) is 16.1 Å². The Bertz CT molecular complexity index is 427. The van der Waals surface area contributed by atoms with Gasteiger partial charge in [-0.3, -0.25) is 9.59 Å². The second-order valence-electron chi connectivity index (χ2n) is 3.26. The molecule has 6 nitrogen and oxygen atoms in total. The average Bonchev–Trinajstić information content (AvgIpc) is 2.80. The Balaban J connectivity index is 1.86. The van der Waals surface area contributed by atoms with E-state index in [1.54, 1.807) is 5.51 Å². The fraction of sp³-hybridized carbons (Fsp3) is 0.333. The number of amides is 2. The summed E-state index contributed by atoms with van der Waals surface area (Å²) in [6.07, 6.45) is 0.692. The highest BCUT2D eigenvalue weighted by Crippen LogP contribution is 2.02. The minimum absolute atomic E-state index is 0.156. The Kier molecular flexibility index (Phi) is 3.25. The van der Waals surface area contributed by atoms with Crippen molar-refractivity contribution in [2.45, 2.75) is 19.4 Å².